The van der Waals surface area contributed by atoms with Gasteiger partial charge in [-0.15, -0.1) is 0 Å². The van der Waals surface area contributed by atoms with Gasteiger partial charge in [0.2, 0.25) is 0 Å². The van der Waals surface area contributed by atoms with Gasteiger partial charge < -0.3 is 9.64 Å². The second-order valence-corrected chi connectivity index (χ2v) is 6.37. The second-order valence-electron chi connectivity index (χ2n) is 6.37. The van der Waals surface area contributed by atoms with E-state index in [-0.39, 0.29) is 18.1 Å². The molecule has 3 rings (SSSR count). The molecule has 0 unspecified atom stereocenters. The molecule has 3 heteroatoms. The molecular formula is C21H23NO2. The number of rotatable bonds is 4. The maximum Gasteiger partial charge on any atom is 0.331 e. The molecule has 0 heterocycles. The van der Waals surface area contributed by atoms with Crippen LogP contribution < -0.4 is 0 Å². The Morgan fingerprint density at radius 2 is 1.79 bits per heavy atom. The summed E-state index contributed by atoms with van der Waals surface area (Å²) in [5, 5.41) is 0. The van der Waals surface area contributed by atoms with Crippen LogP contribution in [-0.2, 0) is 16.0 Å². The van der Waals surface area contributed by atoms with Crippen LogP contribution in [0.3, 0.4) is 0 Å². The summed E-state index contributed by atoms with van der Waals surface area (Å²) < 4.78 is 5.85. The number of nitrogens with zero attached hydrogens (tertiary/aromatic N) is 1. The van der Waals surface area contributed by atoms with Crippen molar-refractivity contribution >= 4 is 12.0 Å². The van der Waals surface area contributed by atoms with Crippen LogP contribution >= 0.6 is 0 Å². The smallest absolute Gasteiger partial charge is 0.331 e. The predicted molar refractivity (Wildman–Crippen MR) is 96.5 cm³/mol. The minimum atomic E-state index is -0.299. The number of benzene rings is 2. The van der Waals surface area contributed by atoms with Crippen molar-refractivity contribution in [3.8, 4) is 0 Å². The van der Waals surface area contributed by atoms with Gasteiger partial charge in [-0.3, -0.25) is 0 Å². The Balaban J connectivity index is 1.78. The van der Waals surface area contributed by atoms with Crippen molar-refractivity contribution < 1.29 is 9.53 Å². The monoisotopic (exact) mass is 321 g/mol. The zero-order valence-electron chi connectivity index (χ0n) is 14.2. The van der Waals surface area contributed by atoms with Crippen molar-refractivity contribution in [1.29, 1.82) is 0 Å². The lowest BCUT2D eigenvalue weighted by Gasteiger charge is -2.36. The normalized spacial score (nSPS) is 20.1. The number of carbonyl (C=O) groups is 1. The van der Waals surface area contributed by atoms with Gasteiger partial charge in [0.1, 0.15) is 6.10 Å². The molecule has 1 aliphatic carbocycles. The molecule has 2 aromatic rings. The highest BCUT2D eigenvalue weighted by Crippen LogP contribution is 2.35. The zero-order valence-corrected chi connectivity index (χ0v) is 14.2. The third-order valence-corrected chi connectivity index (χ3v) is 4.54. The minimum absolute atomic E-state index is 0.203. The van der Waals surface area contributed by atoms with Crippen molar-refractivity contribution in [2.45, 2.75) is 25.0 Å². The predicted octanol–water partition coefficient (Wildman–Crippen LogP) is 3.86. The van der Waals surface area contributed by atoms with Gasteiger partial charge in [-0.25, -0.2) is 4.79 Å². The Morgan fingerprint density at radius 1 is 1.08 bits per heavy atom. The maximum atomic E-state index is 12.3. The summed E-state index contributed by atoms with van der Waals surface area (Å²) in [7, 11) is 4.08. The Hall–Kier alpha value is -2.39. The van der Waals surface area contributed by atoms with Crippen molar-refractivity contribution in [1.82, 2.24) is 4.90 Å². The van der Waals surface area contributed by atoms with E-state index in [0.717, 1.165) is 24.0 Å². The molecule has 0 N–H and O–H groups in total. The summed E-state index contributed by atoms with van der Waals surface area (Å²) in [6.07, 6.45) is 5.09. The molecule has 24 heavy (non-hydrogen) atoms. The van der Waals surface area contributed by atoms with Crippen LogP contribution in [0.4, 0.5) is 0 Å². The van der Waals surface area contributed by atoms with Crippen LogP contribution in [0, 0.1) is 0 Å². The molecule has 0 saturated carbocycles. The topological polar surface area (TPSA) is 29.5 Å². The highest BCUT2D eigenvalue weighted by Gasteiger charge is 2.33. The third-order valence-electron chi connectivity index (χ3n) is 4.54. The molecule has 0 bridgehead atoms. The lowest BCUT2D eigenvalue weighted by Crippen LogP contribution is -2.39. The molecule has 0 spiro atoms. The van der Waals surface area contributed by atoms with E-state index >= 15 is 0 Å². The summed E-state index contributed by atoms with van der Waals surface area (Å²) in [4.78, 5) is 14.5. The standard InChI is InChI=1S/C21H23NO2/c1-22(2)19-14-13-17-10-6-7-11-18(17)21(19)24-20(23)15-12-16-8-4-3-5-9-16/h3-12,15,19,21H,13-14H2,1-2H3/b15-12+/t19-,21-/m0/s1. The van der Waals surface area contributed by atoms with Gasteiger partial charge >= 0.3 is 5.97 Å². The summed E-state index contributed by atoms with van der Waals surface area (Å²) in [6, 6.07) is 18.2. The number of hydrogen-bond acceptors (Lipinski definition) is 3. The minimum Gasteiger partial charge on any atom is -0.453 e. The van der Waals surface area contributed by atoms with Crippen molar-refractivity contribution in [2.75, 3.05) is 14.1 Å². The lowest BCUT2D eigenvalue weighted by molar-refractivity contribution is -0.147. The molecule has 2 atom stereocenters. The SMILES string of the molecule is CN(C)[C@H]1CCc2ccccc2[C@@H]1OC(=O)/C=C/c1ccccc1. The molecular weight excluding hydrogens is 298 g/mol. The Bertz CT molecular complexity index is 722. The first-order valence-electron chi connectivity index (χ1n) is 8.33. The molecule has 2 aromatic carbocycles. The molecule has 3 nitrogen and oxygen atoms in total. The fraction of sp³-hybridized carbons (Fsp3) is 0.286. The average Bonchev–Trinajstić information content (AvgIpc) is 2.61. The van der Waals surface area contributed by atoms with E-state index < -0.39 is 0 Å². The number of hydrogen-bond donors (Lipinski definition) is 0. The molecule has 0 radical (unpaired) electrons. The molecule has 0 fully saturated rings. The van der Waals surface area contributed by atoms with Crippen molar-refractivity contribution in [3.05, 3.63) is 77.4 Å². The number of ether oxygens (including phenoxy) is 1. The van der Waals surface area contributed by atoms with E-state index in [1.54, 1.807) is 6.08 Å². The van der Waals surface area contributed by atoms with Crippen LogP contribution in [0.1, 0.15) is 29.2 Å². The second kappa shape index (κ2) is 7.45. The van der Waals surface area contributed by atoms with Gasteiger partial charge in [-0.2, -0.15) is 0 Å². The van der Waals surface area contributed by atoms with E-state index in [2.05, 4.69) is 17.0 Å². The molecule has 0 aromatic heterocycles. The van der Waals surface area contributed by atoms with Crippen LogP contribution in [0.5, 0.6) is 0 Å². The van der Waals surface area contributed by atoms with Crippen molar-refractivity contribution in [2.24, 2.45) is 0 Å². The summed E-state index contributed by atoms with van der Waals surface area (Å²) >= 11 is 0. The third kappa shape index (κ3) is 3.74. The Labute approximate surface area is 143 Å². The van der Waals surface area contributed by atoms with Gasteiger partial charge in [0.15, 0.2) is 0 Å². The van der Waals surface area contributed by atoms with Gasteiger partial charge in [0.05, 0.1) is 6.04 Å². The molecule has 124 valence electrons. The zero-order chi connectivity index (χ0) is 16.9. The first-order valence-corrected chi connectivity index (χ1v) is 8.33. The summed E-state index contributed by atoms with van der Waals surface area (Å²) in [5.74, 6) is -0.299. The Morgan fingerprint density at radius 3 is 2.54 bits per heavy atom. The summed E-state index contributed by atoms with van der Waals surface area (Å²) in [5.41, 5.74) is 3.40. The molecule has 1 aliphatic rings. The average molecular weight is 321 g/mol. The Kier molecular flexibility index (Phi) is 5.11. The number of likely N-dealkylation sites (N-methyl/N-ethyl adjacent to an activating group) is 1. The van der Waals surface area contributed by atoms with E-state index in [0.29, 0.717) is 0 Å². The van der Waals surface area contributed by atoms with E-state index in [1.165, 1.54) is 11.6 Å². The fourth-order valence-electron chi connectivity index (χ4n) is 3.27. The van der Waals surface area contributed by atoms with Gasteiger partial charge in [0.25, 0.3) is 0 Å². The first kappa shape index (κ1) is 16.5. The van der Waals surface area contributed by atoms with Crippen LogP contribution in [0.2, 0.25) is 0 Å². The quantitative estimate of drug-likeness (QED) is 0.632. The van der Waals surface area contributed by atoms with Gasteiger partial charge in [0, 0.05) is 6.08 Å². The fourth-order valence-corrected chi connectivity index (χ4v) is 3.27. The van der Waals surface area contributed by atoms with Crippen molar-refractivity contribution in [3.63, 3.8) is 0 Å². The van der Waals surface area contributed by atoms with E-state index in [1.807, 2.05) is 56.6 Å². The van der Waals surface area contributed by atoms with E-state index in [4.69, 9.17) is 4.74 Å². The molecule has 0 amide bonds. The number of esters is 1. The summed E-state index contributed by atoms with van der Waals surface area (Å²) in [6.45, 7) is 0. The number of fused-ring (bicyclic) bond motifs is 1. The van der Waals surface area contributed by atoms with Gasteiger partial charge in [-0.1, -0.05) is 54.6 Å². The van der Waals surface area contributed by atoms with Gasteiger partial charge in [-0.05, 0) is 49.7 Å². The largest absolute Gasteiger partial charge is 0.453 e. The highest BCUT2D eigenvalue weighted by atomic mass is 16.5. The first-order chi connectivity index (χ1) is 11.6. The highest BCUT2D eigenvalue weighted by molar-refractivity contribution is 5.87. The number of carbonyl (C=O) groups excluding carboxylic acids is 1. The number of aryl methyl sites for hydroxylation is 1. The maximum absolute atomic E-state index is 12.3. The van der Waals surface area contributed by atoms with Crippen LogP contribution in [0.15, 0.2) is 60.7 Å². The van der Waals surface area contributed by atoms with Crippen LogP contribution in [-0.4, -0.2) is 31.0 Å². The van der Waals surface area contributed by atoms with E-state index in [9.17, 15) is 4.79 Å². The molecule has 0 aliphatic heterocycles. The molecule has 0 saturated heterocycles. The lowest BCUT2D eigenvalue weighted by atomic mass is 9.85. The van der Waals surface area contributed by atoms with Crippen LogP contribution in [0.25, 0.3) is 6.08 Å².